The highest BCUT2D eigenvalue weighted by molar-refractivity contribution is 5.90. The van der Waals surface area contributed by atoms with E-state index in [1.54, 1.807) is 0 Å². The minimum atomic E-state index is 0.764. The van der Waals surface area contributed by atoms with Crippen molar-refractivity contribution in [1.82, 2.24) is 15.0 Å². The number of nitrogens with zero attached hydrogens (tertiary/aromatic N) is 3. The predicted octanol–water partition coefficient (Wildman–Crippen LogP) is 3.69. The highest BCUT2D eigenvalue weighted by Gasteiger charge is 2.06. The predicted molar refractivity (Wildman–Crippen MR) is 81.3 cm³/mol. The average molecular weight is 264 g/mol. The van der Waals surface area contributed by atoms with E-state index in [1.165, 1.54) is 0 Å². The second kappa shape index (κ2) is 4.89. The van der Waals surface area contributed by atoms with Gasteiger partial charge in [0.15, 0.2) is 5.65 Å². The third kappa shape index (κ3) is 2.45. The molecular weight excluding hydrogens is 248 g/mol. The van der Waals surface area contributed by atoms with Crippen LogP contribution in [0, 0.1) is 20.8 Å². The zero-order valence-electron chi connectivity index (χ0n) is 11.8. The molecule has 0 radical (unpaired) electrons. The quantitative estimate of drug-likeness (QED) is 0.767. The molecule has 0 aromatic carbocycles. The van der Waals surface area contributed by atoms with Gasteiger partial charge in [-0.2, -0.15) is 0 Å². The van der Waals surface area contributed by atoms with Crippen LogP contribution in [0.2, 0.25) is 0 Å². The smallest absolute Gasteiger partial charge is 0.161 e. The van der Waals surface area contributed by atoms with E-state index < -0.39 is 0 Å². The van der Waals surface area contributed by atoms with Gasteiger partial charge in [0.2, 0.25) is 0 Å². The second-order valence-electron chi connectivity index (χ2n) is 4.92. The third-order valence-corrected chi connectivity index (χ3v) is 3.09. The number of hydrogen-bond donors (Lipinski definition) is 1. The Morgan fingerprint density at radius 1 is 0.800 bits per heavy atom. The normalized spacial score (nSPS) is 10.8. The van der Waals surface area contributed by atoms with Crippen molar-refractivity contribution in [3.8, 4) is 0 Å². The Labute approximate surface area is 117 Å². The lowest BCUT2D eigenvalue weighted by molar-refractivity contribution is 1.16. The van der Waals surface area contributed by atoms with Crippen LogP contribution in [0.1, 0.15) is 17.1 Å². The highest BCUT2D eigenvalue weighted by atomic mass is 15.0. The van der Waals surface area contributed by atoms with Crippen molar-refractivity contribution in [3.05, 3.63) is 53.5 Å². The summed E-state index contributed by atoms with van der Waals surface area (Å²) < 4.78 is 0. The van der Waals surface area contributed by atoms with Gasteiger partial charge in [-0.05, 0) is 51.1 Å². The molecule has 0 aliphatic heterocycles. The van der Waals surface area contributed by atoms with Gasteiger partial charge in [-0.25, -0.2) is 15.0 Å². The van der Waals surface area contributed by atoms with E-state index in [4.69, 9.17) is 0 Å². The minimum Gasteiger partial charge on any atom is -0.340 e. The van der Waals surface area contributed by atoms with E-state index in [2.05, 4.69) is 20.3 Å². The maximum absolute atomic E-state index is 4.48. The molecule has 3 aromatic heterocycles. The maximum Gasteiger partial charge on any atom is 0.161 e. The first-order chi connectivity index (χ1) is 9.61. The third-order valence-electron chi connectivity index (χ3n) is 3.09. The Kier molecular flexibility index (Phi) is 3.06. The number of pyridine rings is 3. The lowest BCUT2D eigenvalue weighted by Crippen LogP contribution is -1.98. The van der Waals surface area contributed by atoms with Crippen molar-refractivity contribution in [1.29, 1.82) is 0 Å². The van der Waals surface area contributed by atoms with Gasteiger partial charge in [-0.15, -0.1) is 0 Å². The van der Waals surface area contributed by atoms with Gasteiger partial charge in [0.1, 0.15) is 5.82 Å². The number of fused-ring (bicyclic) bond motifs is 1. The molecule has 0 saturated carbocycles. The fraction of sp³-hybridized carbons (Fsp3) is 0.188. The van der Waals surface area contributed by atoms with Gasteiger partial charge in [0, 0.05) is 22.5 Å². The van der Waals surface area contributed by atoms with Crippen LogP contribution in [-0.4, -0.2) is 15.0 Å². The largest absolute Gasteiger partial charge is 0.340 e. The summed E-state index contributed by atoms with van der Waals surface area (Å²) in [7, 11) is 0. The van der Waals surface area contributed by atoms with E-state index >= 15 is 0 Å². The average Bonchev–Trinajstić information content (AvgIpc) is 2.37. The van der Waals surface area contributed by atoms with E-state index in [1.807, 2.05) is 57.2 Å². The molecule has 20 heavy (non-hydrogen) atoms. The number of aryl methyl sites for hydroxylation is 3. The standard InChI is InChI=1S/C16H16N4/c1-10-5-4-6-15(17-10)20-14-9-12(3)19-16-13(14)8-7-11(2)18-16/h4-9H,1-3H3,(H,17,18,19,20). The first-order valence-corrected chi connectivity index (χ1v) is 6.57. The molecule has 4 nitrogen and oxygen atoms in total. The van der Waals surface area contributed by atoms with Gasteiger partial charge >= 0.3 is 0 Å². The number of hydrogen-bond acceptors (Lipinski definition) is 4. The molecule has 0 saturated heterocycles. The van der Waals surface area contributed by atoms with Crippen LogP contribution in [0.5, 0.6) is 0 Å². The molecule has 100 valence electrons. The fourth-order valence-corrected chi connectivity index (χ4v) is 2.18. The topological polar surface area (TPSA) is 50.7 Å². The van der Waals surface area contributed by atoms with Crippen molar-refractivity contribution in [2.75, 3.05) is 5.32 Å². The Morgan fingerprint density at radius 3 is 2.35 bits per heavy atom. The summed E-state index contributed by atoms with van der Waals surface area (Å²) in [6, 6.07) is 12.0. The molecule has 0 aliphatic rings. The molecular formula is C16H16N4. The number of anilines is 2. The molecule has 0 fully saturated rings. The van der Waals surface area contributed by atoms with Crippen molar-refractivity contribution in [2.45, 2.75) is 20.8 Å². The van der Waals surface area contributed by atoms with Crippen LogP contribution in [0.15, 0.2) is 36.4 Å². The van der Waals surface area contributed by atoms with Crippen LogP contribution in [0.4, 0.5) is 11.5 Å². The Hall–Kier alpha value is -2.49. The summed E-state index contributed by atoms with van der Waals surface area (Å²) in [6.07, 6.45) is 0. The summed E-state index contributed by atoms with van der Waals surface area (Å²) in [5.41, 5.74) is 4.64. The van der Waals surface area contributed by atoms with Crippen molar-refractivity contribution in [2.24, 2.45) is 0 Å². The molecule has 0 aliphatic carbocycles. The van der Waals surface area contributed by atoms with Crippen molar-refractivity contribution in [3.63, 3.8) is 0 Å². The summed E-state index contributed by atoms with van der Waals surface area (Å²) in [5, 5.41) is 4.36. The van der Waals surface area contributed by atoms with Gasteiger partial charge in [0.05, 0.1) is 5.69 Å². The lowest BCUT2D eigenvalue weighted by Gasteiger charge is -2.10. The first-order valence-electron chi connectivity index (χ1n) is 6.57. The van der Waals surface area contributed by atoms with Gasteiger partial charge in [-0.3, -0.25) is 0 Å². The minimum absolute atomic E-state index is 0.764. The summed E-state index contributed by atoms with van der Waals surface area (Å²) in [4.78, 5) is 13.4. The SMILES string of the molecule is Cc1cccc(Nc2cc(C)nc3nc(C)ccc23)n1. The fourth-order valence-electron chi connectivity index (χ4n) is 2.18. The van der Waals surface area contributed by atoms with E-state index in [0.717, 1.165) is 39.6 Å². The number of nitrogens with one attached hydrogen (secondary N) is 1. The highest BCUT2D eigenvalue weighted by Crippen LogP contribution is 2.25. The molecule has 0 spiro atoms. The maximum atomic E-state index is 4.48. The van der Waals surface area contributed by atoms with Crippen LogP contribution in [0.3, 0.4) is 0 Å². The van der Waals surface area contributed by atoms with E-state index in [-0.39, 0.29) is 0 Å². The van der Waals surface area contributed by atoms with Crippen LogP contribution < -0.4 is 5.32 Å². The summed E-state index contributed by atoms with van der Waals surface area (Å²) >= 11 is 0. The molecule has 1 N–H and O–H groups in total. The van der Waals surface area contributed by atoms with E-state index in [0.29, 0.717) is 0 Å². The summed E-state index contributed by atoms with van der Waals surface area (Å²) in [6.45, 7) is 5.92. The monoisotopic (exact) mass is 264 g/mol. The van der Waals surface area contributed by atoms with Crippen molar-refractivity contribution >= 4 is 22.5 Å². The number of aromatic nitrogens is 3. The van der Waals surface area contributed by atoms with Gasteiger partial charge in [0.25, 0.3) is 0 Å². The lowest BCUT2D eigenvalue weighted by atomic mass is 10.2. The first kappa shape index (κ1) is 12.5. The van der Waals surface area contributed by atoms with Gasteiger partial charge in [-0.1, -0.05) is 6.07 Å². The molecule has 4 heteroatoms. The van der Waals surface area contributed by atoms with Crippen LogP contribution in [-0.2, 0) is 0 Å². The molecule has 3 heterocycles. The van der Waals surface area contributed by atoms with E-state index in [9.17, 15) is 0 Å². The molecule has 3 rings (SSSR count). The Bertz CT molecular complexity index is 775. The molecule has 0 atom stereocenters. The second-order valence-corrected chi connectivity index (χ2v) is 4.92. The number of rotatable bonds is 2. The van der Waals surface area contributed by atoms with Crippen LogP contribution >= 0.6 is 0 Å². The molecule has 0 amide bonds. The zero-order valence-corrected chi connectivity index (χ0v) is 11.8. The summed E-state index contributed by atoms with van der Waals surface area (Å²) in [5.74, 6) is 0.831. The molecule has 0 bridgehead atoms. The van der Waals surface area contributed by atoms with Crippen LogP contribution in [0.25, 0.3) is 11.0 Å². The zero-order chi connectivity index (χ0) is 14.1. The Balaban J connectivity index is 2.11. The molecule has 3 aromatic rings. The van der Waals surface area contributed by atoms with Gasteiger partial charge < -0.3 is 5.32 Å². The molecule has 0 unspecified atom stereocenters. The van der Waals surface area contributed by atoms with Crippen molar-refractivity contribution < 1.29 is 0 Å². The Morgan fingerprint density at radius 2 is 1.55 bits per heavy atom.